The van der Waals surface area contributed by atoms with Crippen LogP contribution in [0, 0.1) is 11.3 Å². The number of amides is 2. The standard InChI is InChI=1S/C18H27N3O3/c1-2-24-17(23)21-11-13-7-14(9-15(21)8-13)20-5-3-18(4-6-20)10-16(22)19-12-18/h7,13,15H,2-6,8-12H2,1H3,(H,19,22). The molecule has 0 aromatic heterocycles. The SMILES string of the molecule is CCOC(=O)N1CC2C=C(N3CCC4(CC3)CNC(=O)C4)CC1C2. The molecule has 6 heteroatoms. The highest BCUT2D eigenvalue weighted by molar-refractivity contribution is 5.79. The molecule has 0 aromatic rings. The Bertz CT molecular complexity index is 566. The fourth-order valence-electron chi connectivity index (χ4n) is 4.89. The summed E-state index contributed by atoms with van der Waals surface area (Å²) in [6.07, 6.45) is 7.10. The molecule has 4 aliphatic rings. The molecule has 3 fully saturated rings. The average Bonchev–Trinajstić information content (AvgIpc) is 3.08. The van der Waals surface area contributed by atoms with Gasteiger partial charge in [0.25, 0.3) is 0 Å². The van der Waals surface area contributed by atoms with Crippen molar-refractivity contribution in [2.24, 2.45) is 11.3 Å². The maximum Gasteiger partial charge on any atom is 0.410 e. The summed E-state index contributed by atoms with van der Waals surface area (Å²) < 4.78 is 5.20. The molecule has 0 aromatic carbocycles. The topological polar surface area (TPSA) is 61.9 Å². The summed E-state index contributed by atoms with van der Waals surface area (Å²) in [7, 11) is 0. The molecule has 6 nitrogen and oxygen atoms in total. The number of nitrogens with zero attached hydrogens (tertiary/aromatic N) is 2. The van der Waals surface area contributed by atoms with E-state index >= 15 is 0 Å². The molecule has 3 aliphatic heterocycles. The zero-order chi connectivity index (χ0) is 16.7. The average molecular weight is 333 g/mol. The number of piperidine rings is 1. The largest absolute Gasteiger partial charge is 0.450 e. The van der Waals surface area contributed by atoms with Crippen LogP contribution in [0.4, 0.5) is 4.79 Å². The van der Waals surface area contributed by atoms with Crippen LogP contribution >= 0.6 is 0 Å². The van der Waals surface area contributed by atoms with Crippen molar-refractivity contribution >= 4 is 12.0 Å². The van der Waals surface area contributed by atoms with Gasteiger partial charge in [-0.25, -0.2) is 4.79 Å². The van der Waals surface area contributed by atoms with Crippen LogP contribution in [-0.4, -0.2) is 60.6 Å². The molecule has 2 amide bonds. The number of fused-ring (bicyclic) bond motifs is 2. The van der Waals surface area contributed by atoms with E-state index < -0.39 is 0 Å². The summed E-state index contributed by atoms with van der Waals surface area (Å²) in [5, 5.41) is 3.00. The van der Waals surface area contributed by atoms with Gasteiger partial charge >= 0.3 is 6.09 Å². The highest BCUT2D eigenvalue weighted by Gasteiger charge is 2.43. The second-order valence-corrected chi connectivity index (χ2v) is 7.80. The smallest absolute Gasteiger partial charge is 0.410 e. The second-order valence-electron chi connectivity index (χ2n) is 7.80. The predicted octanol–water partition coefficient (Wildman–Crippen LogP) is 1.72. The van der Waals surface area contributed by atoms with Crippen molar-refractivity contribution in [3.8, 4) is 0 Å². The van der Waals surface area contributed by atoms with Gasteiger partial charge in [0, 0.05) is 50.8 Å². The lowest BCUT2D eigenvalue weighted by atomic mass is 9.77. The summed E-state index contributed by atoms with van der Waals surface area (Å²) >= 11 is 0. The Morgan fingerprint density at radius 1 is 1.42 bits per heavy atom. The molecule has 4 rings (SSSR count). The number of ether oxygens (including phenoxy) is 1. The van der Waals surface area contributed by atoms with Gasteiger partial charge in [-0.3, -0.25) is 4.79 Å². The van der Waals surface area contributed by atoms with E-state index in [0.717, 1.165) is 51.9 Å². The first kappa shape index (κ1) is 15.8. The quantitative estimate of drug-likeness (QED) is 0.836. The van der Waals surface area contributed by atoms with Crippen LogP contribution in [0.5, 0.6) is 0 Å². The Balaban J connectivity index is 1.37. The Morgan fingerprint density at radius 2 is 2.21 bits per heavy atom. The Morgan fingerprint density at radius 3 is 2.88 bits per heavy atom. The van der Waals surface area contributed by atoms with Crippen molar-refractivity contribution in [2.75, 3.05) is 32.8 Å². The first-order chi connectivity index (χ1) is 11.6. The summed E-state index contributed by atoms with van der Waals surface area (Å²) in [4.78, 5) is 28.1. The predicted molar refractivity (Wildman–Crippen MR) is 89.2 cm³/mol. The van der Waals surface area contributed by atoms with Crippen molar-refractivity contribution in [2.45, 2.75) is 45.1 Å². The summed E-state index contributed by atoms with van der Waals surface area (Å²) in [6, 6.07) is 0.291. The number of nitrogens with one attached hydrogen (secondary N) is 1. The van der Waals surface area contributed by atoms with Crippen LogP contribution < -0.4 is 5.32 Å². The lowest BCUT2D eigenvalue weighted by Gasteiger charge is -2.41. The number of carbonyl (C=O) groups is 2. The minimum absolute atomic E-state index is 0.159. The molecular weight excluding hydrogens is 306 g/mol. The number of hydrogen-bond acceptors (Lipinski definition) is 4. The van der Waals surface area contributed by atoms with Crippen molar-refractivity contribution in [1.29, 1.82) is 0 Å². The Labute approximate surface area is 143 Å². The first-order valence-electron chi connectivity index (χ1n) is 9.24. The summed E-state index contributed by atoms with van der Waals surface area (Å²) in [5.74, 6) is 0.678. The number of hydrogen-bond donors (Lipinski definition) is 1. The van der Waals surface area contributed by atoms with Gasteiger partial charge in [-0.15, -0.1) is 0 Å². The van der Waals surface area contributed by atoms with Crippen molar-refractivity contribution in [3.63, 3.8) is 0 Å². The molecule has 0 radical (unpaired) electrons. The maximum atomic E-state index is 12.1. The molecule has 3 heterocycles. The molecule has 2 atom stereocenters. The fraction of sp³-hybridized carbons (Fsp3) is 0.778. The van der Waals surface area contributed by atoms with Crippen LogP contribution in [0.3, 0.4) is 0 Å². The highest BCUT2D eigenvalue weighted by Crippen LogP contribution is 2.41. The van der Waals surface area contributed by atoms with E-state index in [1.165, 1.54) is 5.70 Å². The third kappa shape index (κ3) is 2.76. The minimum atomic E-state index is -0.159. The lowest BCUT2D eigenvalue weighted by molar-refractivity contribution is -0.119. The van der Waals surface area contributed by atoms with E-state index in [-0.39, 0.29) is 17.4 Å². The van der Waals surface area contributed by atoms with E-state index in [1.807, 2.05) is 11.8 Å². The first-order valence-corrected chi connectivity index (χ1v) is 9.24. The third-order valence-corrected chi connectivity index (χ3v) is 6.25. The van der Waals surface area contributed by atoms with Crippen molar-refractivity contribution in [1.82, 2.24) is 15.1 Å². The van der Waals surface area contributed by atoms with Crippen LogP contribution in [0.25, 0.3) is 0 Å². The van der Waals surface area contributed by atoms with Crippen LogP contribution in [0.15, 0.2) is 11.8 Å². The molecule has 132 valence electrons. The van der Waals surface area contributed by atoms with Gasteiger partial charge in [0.15, 0.2) is 0 Å². The monoisotopic (exact) mass is 333 g/mol. The van der Waals surface area contributed by atoms with Crippen molar-refractivity contribution < 1.29 is 14.3 Å². The van der Waals surface area contributed by atoms with E-state index in [9.17, 15) is 9.59 Å². The molecule has 1 spiro atoms. The molecule has 1 N–H and O–H groups in total. The van der Waals surface area contributed by atoms with Gasteiger partial charge in [0.2, 0.25) is 5.91 Å². The zero-order valence-corrected chi connectivity index (χ0v) is 14.4. The van der Waals surface area contributed by atoms with Gasteiger partial charge in [0.1, 0.15) is 0 Å². The molecular formula is C18H27N3O3. The van der Waals surface area contributed by atoms with Crippen molar-refractivity contribution in [3.05, 3.63) is 11.8 Å². The van der Waals surface area contributed by atoms with Gasteiger partial charge in [-0.1, -0.05) is 6.08 Å². The van der Waals surface area contributed by atoms with Crippen LogP contribution in [-0.2, 0) is 9.53 Å². The normalized spacial score (nSPS) is 31.2. The molecule has 24 heavy (non-hydrogen) atoms. The van der Waals surface area contributed by atoms with E-state index in [4.69, 9.17) is 4.74 Å². The Kier molecular flexibility index (Phi) is 3.93. The third-order valence-electron chi connectivity index (χ3n) is 6.25. The number of likely N-dealkylation sites (tertiary alicyclic amines) is 2. The lowest BCUT2D eigenvalue weighted by Crippen LogP contribution is -2.42. The number of carbonyl (C=O) groups excluding carboxylic acids is 2. The van der Waals surface area contributed by atoms with E-state index in [1.54, 1.807) is 0 Å². The summed E-state index contributed by atoms with van der Waals surface area (Å²) in [6.45, 7) is 5.99. The molecule has 0 saturated carbocycles. The highest BCUT2D eigenvalue weighted by atomic mass is 16.6. The van der Waals surface area contributed by atoms with Gasteiger partial charge < -0.3 is 19.9 Å². The molecule has 2 unspecified atom stereocenters. The van der Waals surface area contributed by atoms with Crippen LogP contribution in [0.1, 0.15) is 39.0 Å². The fourth-order valence-corrected chi connectivity index (χ4v) is 4.89. The summed E-state index contributed by atoms with van der Waals surface area (Å²) in [5.41, 5.74) is 1.59. The molecule has 3 saturated heterocycles. The van der Waals surface area contributed by atoms with Gasteiger partial charge in [0.05, 0.1) is 6.61 Å². The number of rotatable bonds is 2. The minimum Gasteiger partial charge on any atom is -0.450 e. The van der Waals surface area contributed by atoms with Gasteiger partial charge in [-0.2, -0.15) is 0 Å². The molecule has 2 bridgehead atoms. The van der Waals surface area contributed by atoms with E-state index in [2.05, 4.69) is 16.3 Å². The zero-order valence-electron chi connectivity index (χ0n) is 14.4. The van der Waals surface area contributed by atoms with Crippen LogP contribution in [0.2, 0.25) is 0 Å². The Hall–Kier alpha value is -1.72. The maximum absolute atomic E-state index is 12.1. The second kappa shape index (κ2) is 5.97. The molecule has 1 aliphatic carbocycles. The van der Waals surface area contributed by atoms with E-state index in [0.29, 0.717) is 25.0 Å². The van der Waals surface area contributed by atoms with Gasteiger partial charge in [-0.05, 0) is 37.5 Å².